The van der Waals surface area contributed by atoms with Crippen molar-refractivity contribution >= 4 is 67.2 Å². The van der Waals surface area contributed by atoms with Crippen molar-refractivity contribution in [2.45, 2.75) is 11.8 Å². The largest absolute Gasteiger partial charge is 0.270 e. The molecular formula is C15H9Cl3N4O4S2. The van der Waals surface area contributed by atoms with Crippen LogP contribution in [0.2, 0.25) is 15.1 Å². The molecule has 8 nitrogen and oxygen atoms in total. The van der Waals surface area contributed by atoms with Gasteiger partial charge in [-0.1, -0.05) is 34.8 Å². The van der Waals surface area contributed by atoms with Gasteiger partial charge >= 0.3 is 0 Å². The summed E-state index contributed by atoms with van der Waals surface area (Å²) >= 11 is 18.7. The molecule has 13 heteroatoms. The molecule has 1 heterocycles. The van der Waals surface area contributed by atoms with E-state index in [9.17, 15) is 18.5 Å². The lowest BCUT2D eigenvalue weighted by Gasteiger charge is -2.10. The van der Waals surface area contributed by atoms with Crippen LogP contribution in [0.25, 0.3) is 11.4 Å². The second-order valence-electron chi connectivity index (χ2n) is 5.48. The summed E-state index contributed by atoms with van der Waals surface area (Å²) in [6, 6.07) is 6.59. The predicted octanol–water partition coefficient (Wildman–Crippen LogP) is 5.18. The fraction of sp³-hybridized carbons (Fsp3) is 0.0667. The van der Waals surface area contributed by atoms with Gasteiger partial charge in [-0.15, -0.1) is 0 Å². The van der Waals surface area contributed by atoms with Crippen LogP contribution in [0.4, 0.5) is 10.8 Å². The fourth-order valence-corrected chi connectivity index (χ4v) is 5.56. The molecule has 0 aliphatic heterocycles. The predicted molar refractivity (Wildman–Crippen MR) is 109 cm³/mol. The molecule has 1 aromatic heterocycles. The number of anilines is 1. The molecule has 0 fully saturated rings. The van der Waals surface area contributed by atoms with Gasteiger partial charge in [0.2, 0.25) is 5.13 Å². The lowest BCUT2D eigenvalue weighted by Crippen LogP contribution is -2.14. The van der Waals surface area contributed by atoms with Crippen LogP contribution in [-0.4, -0.2) is 22.7 Å². The molecule has 3 rings (SSSR count). The number of sulfonamides is 1. The maximum absolute atomic E-state index is 12.7. The summed E-state index contributed by atoms with van der Waals surface area (Å²) in [5.41, 5.74) is 0.370. The van der Waals surface area contributed by atoms with Crippen molar-refractivity contribution in [3.05, 3.63) is 61.1 Å². The zero-order valence-electron chi connectivity index (χ0n) is 13.8. The molecule has 2 aromatic carbocycles. The number of rotatable bonds is 5. The van der Waals surface area contributed by atoms with Crippen molar-refractivity contribution in [3.8, 4) is 11.4 Å². The van der Waals surface area contributed by atoms with Crippen LogP contribution in [0.15, 0.2) is 35.2 Å². The molecule has 28 heavy (non-hydrogen) atoms. The molecule has 0 amide bonds. The maximum atomic E-state index is 12.7. The summed E-state index contributed by atoms with van der Waals surface area (Å²) in [7, 11) is -4.07. The van der Waals surface area contributed by atoms with Gasteiger partial charge in [0.15, 0.2) is 5.82 Å². The van der Waals surface area contributed by atoms with E-state index in [1.807, 2.05) is 0 Å². The van der Waals surface area contributed by atoms with Gasteiger partial charge in [0, 0.05) is 34.3 Å². The van der Waals surface area contributed by atoms with Crippen LogP contribution in [-0.2, 0) is 10.0 Å². The molecule has 0 bridgehead atoms. The third kappa shape index (κ3) is 4.20. The zero-order chi connectivity index (χ0) is 20.6. The van der Waals surface area contributed by atoms with E-state index in [0.717, 1.165) is 11.5 Å². The summed E-state index contributed by atoms with van der Waals surface area (Å²) < 4.78 is 31.7. The van der Waals surface area contributed by atoms with Gasteiger partial charge in [0.05, 0.1) is 15.0 Å². The number of non-ortho nitro benzene ring substituents is 1. The Bertz CT molecular complexity index is 1170. The minimum Gasteiger partial charge on any atom is -0.258 e. The molecule has 1 N–H and O–H groups in total. The van der Waals surface area contributed by atoms with E-state index in [1.165, 1.54) is 30.3 Å². The number of hydrogen-bond donors (Lipinski definition) is 1. The third-order valence-corrected chi connectivity index (χ3v) is 6.77. The van der Waals surface area contributed by atoms with E-state index in [2.05, 4.69) is 14.1 Å². The average Bonchev–Trinajstić information content (AvgIpc) is 3.01. The number of nitro groups is 1. The summed E-state index contributed by atoms with van der Waals surface area (Å²) in [5.74, 6) is 0.0512. The first-order valence-electron chi connectivity index (χ1n) is 7.35. The van der Waals surface area contributed by atoms with E-state index in [-0.39, 0.29) is 37.1 Å². The van der Waals surface area contributed by atoms with Gasteiger partial charge in [0.25, 0.3) is 15.7 Å². The standard InChI is InChI=1S/C15H9Cl3N4O4S2/c1-7-4-8(16)5-12(18)13(7)28(25,26)21-15-19-14(20-27-15)10-6-9(22(23)24)2-3-11(10)17/h2-6H,1H3,(H,19,20,21). The second-order valence-corrected chi connectivity index (χ2v) is 9.11. The van der Waals surface area contributed by atoms with Crippen LogP contribution >= 0.6 is 46.3 Å². The lowest BCUT2D eigenvalue weighted by atomic mass is 10.2. The molecule has 0 unspecified atom stereocenters. The molecule has 0 saturated heterocycles. The summed E-state index contributed by atoms with van der Waals surface area (Å²) in [6.45, 7) is 1.56. The smallest absolute Gasteiger partial charge is 0.258 e. The number of aryl methyl sites for hydroxylation is 1. The van der Waals surface area contributed by atoms with Crippen molar-refractivity contribution in [3.63, 3.8) is 0 Å². The normalized spacial score (nSPS) is 11.4. The summed E-state index contributed by atoms with van der Waals surface area (Å²) in [6.07, 6.45) is 0. The van der Waals surface area contributed by atoms with Crippen molar-refractivity contribution in [1.82, 2.24) is 9.36 Å². The Balaban J connectivity index is 1.96. The van der Waals surface area contributed by atoms with E-state index >= 15 is 0 Å². The first-order chi connectivity index (χ1) is 13.1. The van der Waals surface area contributed by atoms with Gasteiger partial charge < -0.3 is 0 Å². The topological polar surface area (TPSA) is 115 Å². The molecule has 0 aliphatic rings. The monoisotopic (exact) mass is 478 g/mol. The highest BCUT2D eigenvalue weighted by Crippen LogP contribution is 2.33. The quantitative estimate of drug-likeness (QED) is 0.398. The molecular weight excluding hydrogens is 471 g/mol. The Hall–Kier alpha value is -1.98. The summed E-state index contributed by atoms with van der Waals surface area (Å²) in [5, 5.41) is 11.3. The van der Waals surface area contributed by atoms with Gasteiger partial charge in [-0.3, -0.25) is 14.8 Å². The molecule has 3 aromatic rings. The Labute approximate surface area is 178 Å². The van der Waals surface area contributed by atoms with Crippen LogP contribution in [0.1, 0.15) is 5.56 Å². The minimum atomic E-state index is -4.07. The fourth-order valence-electron chi connectivity index (χ4n) is 2.37. The zero-order valence-corrected chi connectivity index (χ0v) is 17.7. The maximum Gasteiger partial charge on any atom is 0.270 e. The molecule has 0 saturated carbocycles. The summed E-state index contributed by atoms with van der Waals surface area (Å²) in [4.78, 5) is 14.3. The number of nitrogens with one attached hydrogen (secondary N) is 1. The van der Waals surface area contributed by atoms with Crippen molar-refractivity contribution < 1.29 is 13.3 Å². The van der Waals surface area contributed by atoms with Crippen molar-refractivity contribution in [2.75, 3.05) is 4.72 Å². The van der Waals surface area contributed by atoms with Crippen molar-refractivity contribution in [1.29, 1.82) is 0 Å². The first kappa shape index (κ1) is 20.7. The van der Waals surface area contributed by atoms with E-state index in [0.29, 0.717) is 10.6 Å². The van der Waals surface area contributed by atoms with E-state index in [4.69, 9.17) is 34.8 Å². The lowest BCUT2D eigenvalue weighted by molar-refractivity contribution is -0.384. The molecule has 146 valence electrons. The van der Waals surface area contributed by atoms with Crippen LogP contribution in [0, 0.1) is 17.0 Å². The van der Waals surface area contributed by atoms with Gasteiger partial charge in [-0.25, -0.2) is 8.42 Å². The second kappa shape index (κ2) is 7.80. The number of nitro benzene ring substituents is 1. The van der Waals surface area contributed by atoms with E-state index in [1.54, 1.807) is 6.92 Å². The Morgan fingerprint density at radius 2 is 1.86 bits per heavy atom. The van der Waals surface area contributed by atoms with E-state index < -0.39 is 14.9 Å². The number of aromatic nitrogens is 2. The average molecular weight is 480 g/mol. The van der Waals surface area contributed by atoms with Crippen LogP contribution < -0.4 is 4.72 Å². The highest BCUT2D eigenvalue weighted by molar-refractivity contribution is 7.93. The Kier molecular flexibility index (Phi) is 5.78. The van der Waals surface area contributed by atoms with Crippen molar-refractivity contribution in [2.24, 2.45) is 0 Å². The first-order valence-corrected chi connectivity index (χ1v) is 10.7. The Morgan fingerprint density at radius 3 is 2.50 bits per heavy atom. The molecule has 0 aliphatic carbocycles. The SMILES string of the molecule is Cc1cc(Cl)cc(Cl)c1S(=O)(=O)Nc1nc(-c2cc([N+](=O)[O-])ccc2Cl)ns1. The van der Waals surface area contributed by atoms with Crippen LogP contribution in [0.3, 0.4) is 0 Å². The number of nitrogens with zero attached hydrogens (tertiary/aromatic N) is 3. The molecule has 0 atom stereocenters. The van der Waals surface area contributed by atoms with Gasteiger partial charge in [-0.05, 0) is 30.7 Å². The molecule has 0 radical (unpaired) electrons. The Morgan fingerprint density at radius 1 is 1.14 bits per heavy atom. The number of benzene rings is 2. The van der Waals surface area contributed by atoms with Crippen LogP contribution in [0.5, 0.6) is 0 Å². The highest BCUT2D eigenvalue weighted by Gasteiger charge is 2.24. The van der Waals surface area contributed by atoms with Gasteiger partial charge in [-0.2, -0.15) is 9.36 Å². The van der Waals surface area contributed by atoms with Gasteiger partial charge in [0.1, 0.15) is 4.90 Å². The third-order valence-electron chi connectivity index (χ3n) is 3.51. The number of hydrogen-bond acceptors (Lipinski definition) is 7. The highest BCUT2D eigenvalue weighted by atomic mass is 35.5. The molecule has 0 spiro atoms. The number of halogens is 3. The minimum absolute atomic E-state index is 0.0380.